The maximum Gasteiger partial charge on any atom is 0.220 e. The second kappa shape index (κ2) is 7.50. The lowest BCUT2D eigenvalue weighted by Crippen LogP contribution is -2.23. The van der Waals surface area contributed by atoms with Crippen LogP contribution in [-0.4, -0.2) is 20.7 Å². The molecule has 2 aromatic heterocycles. The molecular weight excluding hydrogens is 307 g/mol. The molecule has 1 N–H and O–H groups in total. The van der Waals surface area contributed by atoms with E-state index in [1.165, 1.54) is 6.07 Å². The van der Waals surface area contributed by atoms with E-state index in [0.29, 0.717) is 24.3 Å². The fourth-order valence-electron chi connectivity index (χ4n) is 2.34. The molecule has 122 valence electrons. The number of halogens is 1. The third kappa shape index (κ3) is 4.04. The Morgan fingerprint density at radius 3 is 2.83 bits per heavy atom. The van der Waals surface area contributed by atoms with Crippen molar-refractivity contribution in [3.05, 3.63) is 78.0 Å². The first-order valence-electron chi connectivity index (χ1n) is 7.67. The first-order chi connectivity index (χ1) is 11.7. The molecule has 3 aromatic rings. The van der Waals surface area contributed by atoms with Gasteiger partial charge < -0.3 is 5.32 Å². The van der Waals surface area contributed by atoms with Gasteiger partial charge in [0.05, 0.1) is 0 Å². The normalized spacial score (nSPS) is 10.5. The summed E-state index contributed by atoms with van der Waals surface area (Å²) in [5.74, 6) is 0.303. The molecule has 6 heteroatoms. The Hall–Kier alpha value is -3.02. The highest BCUT2D eigenvalue weighted by Gasteiger charge is 2.06. The Morgan fingerprint density at radius 1 is 1.17 bits per heavy atom. The van der Waals surface area contributed by atoms with Crippen molar-refractivity contribution >= 4 is 5.91 Å². The van der Waals surface area contributed by atoms with E-state index in [4.69, 9.17) is 0 Å². The van der Waals surface area contributed by atoms with Crippen LogP contribution < -0.4 is 5.32 Å². The number of benzene rings is 1. The first kappa shape index (κ1) is 15.9. The fraction of sp³-hybridized carbons (Fsp3) is 0.167. The second-order valence-corrected chi connectivity index (χ2v) is 5.34. The zero-order valence-electron chi connectivity index (χ0n) is 13.0. The van der Waals surface area contributed by atoms with Gasteiger partial charge in [-0.3, -0.25) is 4.79 Å². The van der Waals surface area contributed by atoms with Crippen molar-refractivity contribution in [3.63, 3.8) is 0 Å². The van der Waals surface area contributed by atoms with E-state index in [1.807, 2.05) is 18.2 Å². The monoisotopic (exact) mass is 324 g/mol. The largest absolute Gasteiger partial charge is 0.352 e. The van der Waals surface area contributed by atoms with Crippen LogP contribution in [0.1, 0.15) is 17.5 Å². The average molecular weight is 324 g/mol. The summed E-state index contributed by atoms with van der Waals surface area (Å²) in [5.41, 5.74) is 1.48. The summed E-state index contributed by atoms with van der Waals surface area (Å²) in [4.78, 5) is 16.2. The van der Waals surface area contributed by atoms with Crippen molar-refractivity contribution in [3.8, 4) is 5.82 Å². The minimum Gasteiger partial charge on any atom is -0.352 e. The van der Waals surface area contributed by atoms with E-state index < -0.39 is 0 Å². The number of aromatic nitrogens is 3. The Balaban J connectivity index is 1.53. The molecule has 0 radical (unpaired) electrons. The Labute approximate surface area is 139 Å². The molecule has 24 heavy (non-hydrogen) atoms. The molecule has 0 spiro atoms. The highest BCUT2D eigenvalue weighted by molar-refractivity contribution is 5.76. The number of pyridine rings is 1. The predicted molar refractivity (Wildman–Crippen MR) is 87.9 cm³/mol. The molecule has 0 bridgehead atoms. The summed E-state index contributed by atoms with van der Waals surface area (Å²) >= 11 is 0. The maximum atomic E-state index is 13.5. The molecule has 0 fully saturated rings. The number of rotatable bonds is 6. The highest BCUT2D eigenvalue weighted by atomic mass is 19.1. The van der Waals surface area contributed by atoms with Crippen LogP contribution in [-0.2, 0) is 17.8 Å². The number of carbonyl (C=O) groups is 1. The molecule has 1 amide bonds. The van der Waals surface area contributed by atoms with Gasteiger partial charge in [-0.25, -0.2) is 14.1 Å². The molecule has 2 heterocycles. The number of nitrogens with one attached hydrogen (secondary N) is 1. The van der Waals surface area contributed by atoms with Gasteiger partial charge in [0.25, 0.3) is 0 Å². The fourth-order valence-corrected chi connectivity index (χ4v) is 2.34. The summed E-state index contributed by atoms with van der Waals surface area (Å²) in [6.45, 7) is 0.396. The molecule has 3 rings (SSSR count). The van der Waals surface area contributed by atoms with Gasteiger partial charge in [-0.15, -0.1) is 0 Å². The molecule has 5 nitrogen and oxygen atoms in total. The van der Waals surface area contributed by atoms with Gasteiger partial charge in [0.1, 0.15) is 5.82 Å². The summed E-state index contributed by atoms with van der Waals surface area (Å²) in [7, 11) is 0. The van der Waals surface area contributed by atoms with Crippen molar-refractivity contribution in [1.82, 2.24) is 20.1 Å². The number of carbonyl (C=O) groups excluding carboxylic acids is 1. The highest BCUT2D eigenvalue weighted by Crippen LogP contribution is 2.09. The number of amides is 1. The third-order valence-corrected chi connectivity index (χ3v) is 3.62. The lowest BCUT2D eigenvalue weighted by atomic mass is 10.1. The van der Waals surface area contributed by atoms with Crippen LogP contribution in [0.3, 0.4) is 0 Å². The van der Waals surface area contributed by atoms with Gasteiger partial charge >= 0.3 is 0 Å². The number of nitrogens with zero attached hydrogens (tertiary/aromatic N) is 3. The zero-order chi connectivity index (χ0) is 16.8. The van der Waals surface area contributed by atoms with E-state index in [1.54, 1.807) is 41.5 Å². The van der Waals surface area contributed by atoms with Gasteiger partial charge in [-0.2, -0.15) is 5.10 Å². The second-order valence-electron chi connectivity index (χ2n) is 5.34. The lowest BCUT2D eigenvalue weighted by Gasteiger charge is -2.07. The van der Waals surface area contributed by atoms with E-state index in [9.17, 15) is 9.18 Å². The van der Waals surface area contributed by atoms with Gasteiger partial charge in [0.2, 0.25) is 5.91 Å². The summed E-state index contributed by atoms with van der Waals surface area (Å²) in [5, 5.41) is 6.97. The summed E-state index contributed by atoms with van der Waals surface area (Å²) < 4.78 is 15.2. The summed E-state index contributed by atoms with van der Waals surface area (Å²) in [6.07, 6.45) is 5.79. The number of hydrogen-bond acceptors (Lipinski definition) is 3. The number of aryl methyl sites for hydroxylation is 1. The van der Waals surface area contributed by atoms with E-state index in [2.05, 4.69) is 15.4 Å². The van der Waals surface area contributed by atoms with Crippen molar-refractivity contribution in [2.24, 2.45) is 0 Å². The van der Waals surface area contributed by atoms with Gasteiger partial charge in [-0.1, -0.05) is 18.2 Å². The minimum atomic E-state index is -0.275. The van der Waals surface area contributed by atoms with Crippen LogP contribution in [0.4, 0.5) is 4.39 Å². The van der Waals surface area contributed by atoms with Crippen LogP contribution in [0, 0.1) is 5.82 Å². The quantitative estimate of drug-likeness (QED) is 0.758. The maximum absolute atomic E-state index is 13.5. The van der Waals surface area contributed by atoms with Gasteiger partial charge in [-0.05, 0) is 41.8 Å². The molecule has 0 aliphatic carbocycles. The van der Waals surface area contributed by atoms with E-state index in [-0.39, 0.29) is 18.1 Å². The van der Waals surface area contributed by atoms with E-state index >= 15 is 0 Å². The topological polar surface area (TPSA) is 59.8 Å². The minimum absolute atomic E-state index is 0.115. The first-order valence-corrected chi connectivity index (χ1v) is 7.67. The standard InChI is InChI=1S/C18H17FN4O/c19-16-5-2-1-4-15(16)6-7-18(24)21-13-14-8-10-20-17(12-14)23-11-3-9-22-23/h1-5,8-12H,6-7,13H2,(H,21,24). The van der Waals surface area contributed by atoms with Crippen LogP contribution in [0.15, 0.2) is 61.1 Å². The van der Waals surface area contributed by atoms with Crippen molar-refractivity contribution in [2.45, 2.75) is 19.4 Å². The van der Waals surface area contributed by atoms with Crippen LogP contribution in [0.25, 0.3) is 5.82 Å². The zero-order valence-corrected chi connectivity index (χ0v) is 13.0. The Morgan fingerprint density at radius 2 is 2.04 bits per heavy atom. The molecule has 0 saturated carbocycles. The average Bonchev–Trinajstić information content (AvgIpc) is 3.14. The SMILES string of the molecule is O=C(CCc1ccccc1F)NCc1ccnc(-n2cccn2)c1. The summed E-state index contributed by atoms with van der Waals surface area (Å²) in [6, 6.07) is 12.0. The molecule has 0 aliphatic heterocycles. The lowest BCUT2D eigenvalue weighted by molar-refractivity contribution is -0.121. The molecule has 0 aliphatic rings. The van der Waals surface area contributed by atoms with Crippen molar-refractivity contribution < 1.29 is 9.18 Å². The molecule has 1 aromatic carbocycles. The number of hydrogen-bond donors (Lipinski definition) is 1. The Bertz CT molecular complexity index is 817. The predicted octanol–water partition coefficient (Wildman–Crippen LogP) is 2.66. The van der Waals surface area contributed by atoms with E-state index in [0.717, 1.165) is 5.56 Å². The van der Waals surface area contributed by atoms with Gasteiger partial charge in [0.15, 0.2) is 5.82 Å². The van der Waals surface area contributed by atoms with Crippen LogP contribution in [0.2, 0.25) is 0 Å². The van der Waals surface area contributed by atoms with Crippen molar-refractivity contribution in [1.29, 1.82) is 0 Å². The van der Waals surface area contributed by atoms with Crippen molar-refractivity contribution in [2.75, 3.05) is 0 Å². The van der Waals surface area contributed by atoms with Gasteiger partial charge in [0, 0.05) is 31.6 Å². The smallest absolute Gasteiger partial charge is 0.220 e. The Kier molecular flexibility index (Phi) is 4.96. The molecular formula is C18H17FN4O. The molecule has 0 unspecified atom stereocenters. The molecule has 0 atom stereocenters. The van der Waals surface area contributed by atoms with Crippen LogP contribution >= 0.6 is 0 Å². The third-order valence-electron chi connectivity index (χ3n) is 3.62. The van der Waals surface area contributed by atoms with Crippen LogP contribution in [0.5, 0.6) is 0 Å². The molecule has 0 saturated heterocycles.